The summed E-state index contributed by atoms with van der Waals surface area (Å²) in [6, 6.07) is 10.2. The summed E-state index contributed by atoms with van der Waals surface area (Å²) in [6.07, 6.45) is 4.65. The number of halogens is 1. The Balaban J connectivity index is 2.20. The van der Waals surface area contributed by atoms with Crippen LogP contribution in [0.15, 0.2) is 41.4 Å². The summed E-state index contributed by atoms with van der Waals surface area (Å²) in [5.41, 5.74) is 1.31. The molecule has 0 spiro atoms. The Morgan fingerprint density at radius 2 is 1.94 bits per heavy atom. The molecule has 0 aromatic heterocycles. The third kappa shape index (κ3) is 5.56. The van der Waals surface area contributed by atoms with E-state index in [1.165, 1.54) is 5.56 Å². The van der Waals surface area contributed by atoms with Gasteiger partial charge in [0.05, 0.1) is 0 Å². The molecular weight excluding hydrogens is 224 g/mol. The molecule has 0 fully saturated rings. The van der Waals surface area contributed by atoms with Crippen LogP contribution in [0.1, 0.15) is 24.8 Å². The summed E-state index contributed by atoms with van der Waals surface area (Å²) >= 11 is 5.74. The lowest BCUT2D eigenvalue weighted by atomic mass is 10.1. The van der Waals surface area contributed by atoms with Gasteiger partial charge in [0, 0.05) is 11.1 Å². The van der Waals surface area contributed by atoms with E-state index in [1.54, 1.807) is 0 Å². The first-order chi connectivity index (χ1) is 7.68. The van der Waals surface area contributed by atoms with Gasteiger partial charge in [0.25, 0.3) is 0 Å². The van der Waals surface area contributed by atoms with Crippen LogP contribution in [0.25, 0.3) is 0 Å². The van der Waals surface area contributed by atoms with Crippen molar-refractivity contribution in [3.63, 3.8) is 0 Å². The molecule has 0 aliphatic heterocycles. The lowest BCUT2D eigenvalue weighted by Crippen LogP contribution is -1.90. The molecule has 0 radical (unpaired) electrons. The summed E-state index contributed by atoms with van der Waals surface area (Å²) < 4.78 is 0. The van der Waals surface area contributed by atoms with E-state index in [2.05, 4.69) is 12.1 Å². The van der Waals surface area contributed by atoms with E-state index < -0.39 is 5.97 Å². The van der Waals surface area contributed by atoms with Gasteiger partial charge < -0.3 is 5.11 Å². The Labute approximate surface area is 101 Å². The molecule has 0 atom stereocenters. The van der Waals surface area contributed by atoms with Gasteiger partial charge in [0.2, 0.25) is 0 Å². The molecule has 2 nitrogen and oxygen atoms in total. The Morgan fingerprint density at radius 3 is 2.56 bits per heavy atom. The number of rotatable bonds is 6. The van der Waals surface area contributed by atoms with Gasteiger partial charge in [-0.25, -0.2) is 4.79 Å². The predicted molar refractivity (Wildman–Crippen MR) is 65.6 cm³/mol. The zero-order valence-electron chi connectivity index (χ0n) is 9.03. The predicted octanol–water partition coefficient (Wildman–Crippen LogP) is 3.61. The fourth-order valence-corrected chi connectivity index (χ4v) is 1.70. The topological polar surface area (TPSA) is 37.3 Å². The normalized spacial score (nSPS) is 11.4. The summed E-state index contributed by atoms with van der Waals surface area (Å²) in [6.45, 7) is 0. The second-order valence-corrected chi connectivity index (χ2v) is 4.11. The van der Waals surface area contributed by atoms with E-state index >= 15 is 0 Å². The van der Waals surface area contributed by atoms with Gasteiger partial charge in [-0.3, -0.25) is 0 Å². The first kappa shape index (κ1) is 12.8. The largest absolute Gasteiger partial charge is 0.478 e. The number of hydrogen-bond donors (Lipinski definition) is 1. The van der Waals surface area contributed by atoms with Gasteiger partial charge in [0.15, 0.2) is 0 Å². The number of aliphatic carboxylic acids is 1. The highest BCUT2D eigenvalue weighted by atomic mass is 35.5. The summed E-state index contributed by atoms with van der Waals surface area (Å²) in [4.78, 5) is 10.3. The molecule has 0 aliphatic carbocycles. The van der Waals surface area contributed by atoms with Crippen LogP contribution in [0.5, 0.6) is 0 Å². The van der Waals surface area contributed by atoms with E-state index in [1.807, 2.05) is 18.2 Å². The first-order valence-corrected chi connectivity index (χ1v) is 5.69. The monoisotopic (exact) mass is 238 g/mol. The highest BCUT2D eigenvalue weighted by Gasteiger charge is 1.98. The van der Waals surface area contributed by atoms with Crippen molar-refractivity contribution >= 4 is 17.6 Å². The molecule has 86 valence electrons. The van der Waals surface area contributed by atoms with Crippen molar-refractivity contribution < 1.29 is 9.90 Å². The SMILES string of the molecule is O=C(O)/C=C(\Cl)CCCCc1ccccc1. The molecule has 0 saturated carbocycles. The molecule has 0 heterocycles. The van der Waals surface area contributed by atoms with Crippen molar-refractivity contribution in [3.8, 4) is 0 Å². The minimum absolute atomic E-state index is 0.417. The van der Waals surface area contributed by atoms with Crippen LogP contribution < -0.4 is 0 Å². The zero-order valence-corrected chi connectivity index (χ0v) is 9.78. The van der Waals surface area contributed by atoms with Crippen molar-refractivity contribution in [1.29, 1.82) is 0 Å². The smallest absolute Gasteiger partial charge is 0.329 e. The van der Waals surface area contributed by atoms with Crippen molar-refractivity contribution in [2.24, 2.45) is 0 Å². The Kier molecular flexibility index (Phi) is 5.65. The highest BCUT2D eigenvalue weighted by Crippen LogP contribution is 2.13. The number of carboxylic acid groups (broad SMARTS) is 1. The second-order valence-electron chi connectivity index (χ2n) is 3.62. The lowest BCUT2D eigenvalue weighted by molar-refractivity contribution is -0.131. The van der Waals surface area contributed by atoms with Crippen molar-refractivity contribution in [2.75, 3.05) is 0 Å². The fourth-order valence-electron chi connectivity index (χ4n) is 1.47. The standard InChI is InChI=1S/C13H15ClO2/c14-12(10-13(15)16)9-5-4-8-11-6-2-1-3-7-11/h1-3,6-7,10H,4-5,8-9H2,(H,15,16)/b12-10-. The molecule has 1 aromatic rings. The average molecular weight is 239 g/mol. The molecular formula is C13H15ClO2. The number of benzene rings is 1. The van der Waals surface area contributed by atoms with E-state index in [9.17, 15) is 4.79 Å². The molecule has 0 bridgehead atoms. The van der Waals surface area contributed by atoms with Crippen molar-refractivity contribution in [3.05, 3.63) is 47.0 Å². The van der Waals surface area contributed by atoms with Gasteiger partial charge >= 0.3 is 5.97 Å². The van der Waals surface area contributed by atoms with Crippen LogP contribution in [0.2, 0.25) is 0 Å². The number of unbranched alkanes of at least 4 members (excludes halogenated alkanes) is 1. The van der Waals surface area contributed by atoms with Crippen LogP contribution in [0, 0.1) is 0 Å². The summed E-state index contributed by atoms with van der Waals surface area (Å²) in [7, 11) is 0. The minimum atomic E-state index is -0.979. The number of aryl methyl sites for hydroxylation is 1. The van der Waals surface area contributed by atoms with Crippen LogP contribution in [-0.2, 0) is 11.2 Å². The van der Waals surface area contributed by atoms with Crippen LogP contribution in [0.3, 0.4) is 0 Å². The highest BCUT2D eigenvalue weighted by molar-refractivity contribution is 6.30. The molecule has 0 saturated heterocycles. The van der Waals surface area contributed by atoms with Gasteiger partial charge in [-0.1, -0.05) is 41.9 Å². The van der Waals surface area contributed by atoms with E-state index in [4.69, 9.17) is 16.7 Å². The molecule has 3 heteroatoms. The quantitative estimate of drug-likeness (QED) is 0.607. The summed E-state index contributed by atoms with van der Waals surface area (Å²) in [5, 5.41) is 8.87. The molecule has 0 amide bonds. The van der Waals surface area contributed by atoms with Crippen LogP contribution in [0.4, 0.5) is 0 Å². The maximum atomic E-state index is 10.3. The maximum absolute atomic E-state index is 10.3. The molecule has 0 unspecified atom stereocenters. The van der Waals surface area contributed by atoms with Gasteiger partial charge in [0.1, 0.15) is 0 Å². The van der Waals surface area contributed by atoms with E-state index in [0.717, 1.165) is 25.3 Å². The summed E-state index contributed by atoms with van der Waals surface area (Å²) in [5.74, 6) is -0.979. The maximum Gasteiger partial charge on any atom is 0.329 e. The average Bonchev–Trinajstić information content (AvgIpc) is 2.25. The minimum Gasteiger partial charge on any atom is -0.478 e. The number of allylic oxidation sites excluding steroid dienone is 1. The second kappa shape index (κ2) is 7.07. The molecule has 0 aliphatic rings. The third-order valence-electron chi connectivity index (χ3n) is 2.25. The first-order valence-electron chi connectivity index (χ1n) is 5.31. The Bertz CT molecular complexity index is 357. The van der Waals surface area contributed by atoms with Crippen molar-refractivity contribution in [1.82, 2.24) is 0 Å². The lowest BCUT2D eigenvalue weighted by Gasteiger charge is -2.00. The van der Waals surface area contributed by atoms with Crippen molar-refractivity contribution in [2.45, 2.75) is 25.7 Å². The number of hydrogen-bond acceptors (Lipinski definition) is 1. The molecule has 1 aromatic carbocycles. The zero-order chi connectivity index (χ0) is 11.8. The molecule has 1 rings (SSSR count). The van der Waals surface area contributed by atoms with Crippen LogP contribution in [-0.4, -0.2) is 11.1 Å². The number of carboxylic acids is 1. The fraction of sp³-hybridized carbons (Fsp3) is 0.308. The third-order valence-corrected chi connectivity index (χ3v) is 2.55. The van der Waals surface area contributed by atoms with Gasteiger partial charge in [-0.05, 0) is 31.2 Å². The van der Waals surface area contributed by atoms with E-state index in [-0.39, 0.29) is 0 Å². The van der Waals surface area contributed by atoms with E-state index in [0.29, 0.717) is 11.5 Å². The van der Waals surface area contributed by atoms with Gasteiger partial charge in [-0.2, -0.15) is 0 Å². The van der Waals surface area contributed by atoms with Gasteiger partial charge in [-0.15, -0.1) is 0 Å². The Hall–Kier alpha value is -1.28. The Morgan fingerprint density at radius 1 is 1.25 bits per heavy atom. The molecule has 1 N–H and O–H groups in total. The number of carbonyl (C=O) groups is 1. The molecule has 16 heavy (non-hydrogen) atoms. The van der Waals surface area contributed by atoms with Crippen LogP contribution >= 0.6 is 11.6 Å².